The molecule has 0 aromatic rings. The minimum atomic E-state index is 0. The average molecular weight is 430 g/mol. The Bertz CT molecular complexity index is 8.00. The van der Waals surface area contributed by atoms with Crippen molar-refractivity contribution in [1.29, 1.82) is 0 Å². The van der Waals surface area contributed by atoms with E-state index in [-0.39, 0.29) is 70.4 Å². The topological polar surface area (TPSA) is 0 Å². The third-order valence-corrected chi connectivity index (χ3v) is 0. The summed E-state index contributed by atoms with van der Waals surface area (Å²) in [5.41, 5.74) is 0. The summed E-state index contributed by atoms with van der Waals surface area (Å²) < 4.78 is 9.53. The molecule has 0 fully saturated rings. The van der Waals surface area contributed by atoms with Crippen molar-refractivity contribution in [1.82, 2.24) is 0 Å². The normalized spacial score (nSPS) is 1.50. The van der Waals surface area contributed by atoms with Gasteiger partial charge >= 0.3 is 39.8 Å². The van der Waals surface area contributed by atoms with Gasteiger partial charge in [-0.15, -0.1) is 0 Å². The fourth-order valence-electron chi connectivity index (χ4n) is 0. The van der Waals surface area contributed by atoms with Crippen molar-refractivity contribution in [3.8, 4) is 0 Å². The summed E-state index contributed by atoms with van der Waals surface area (Å²) >= 11 is 0.361. The summed E-state index contributed by atoms with van der Waals surface area (Å²) in [6, 6.07) is 0. The van der Waals surface area contributed by atoms with Gasteiger partial charge < -0.3 is 0 Å². The Morgan fingerprint density at radius 3 is 1.25 bits per heavy atom. The smallest absolute Gasteiger partial charge is 0 e. The van der Waals surface area contributed by atoms with Crippen LogP contribution in [0.1, 0.15) is 0 Å². The van der Waals surface area contributed by atoms with Crippen molar-refractivity contribution < 1.29 is 110 Å². The zero-order valence-electron chi connectivity index (χ0n) is 1.61. The fraction of sp³-hybridized carbons (Fsp3) is 0. The van der Waals surface area contributed by atoms with Gasteiger partial charge in [0, 0.05) is 70.4 Å². The number of rotatable bonds is 0. The van der Waals surface area contributed by atoms with E-state index >= 15 is 0 Å². The van der Waals surface area contributed by atoms with E-state index in [1.807, 2.05) is 0 Å². The van der Waals surface area contributed by atoms with Gasteiger partial charge in [-0.25, -0.2) is 0 Å². The van der Waals surface area contributed by atoms with Gasteiger partial charge in [0.2, 0.25) is 0 Å². The first-order valence-corrected chi connectivity index (χ1v) is 0.991. The molecule has 0 saturated carbocycles. The van der Waals surface area contributed by atoms with E-state index in [9.17, 15) is 1.12 Å². The SMILES string of the molecule is [F][Gd].[Ho].[Y]. The molecule has 0 unspecified atom stereocenters. The third kappa shape index (κ3) is 9.15. The van der Waals surface area contributed by atoms with E-state index in [1.165, 1.54) is 0 Å². The van der Waals surface area contributed by atoms with Crippen molar-refractivity contribution in [3.05, 3.63) is 0 Å². The summed E-state index contributed by atoms with van der Waals surface area (Å²) in [5.74, 6) is 0. The number of halogens is 1. The van der Waals surface area contributed by atoms with Crippen LogP contribution in [0, 0.1) is 76.5 Å². The van der Waals surface area contributed by atoms with Crippen LogP contribution in [0.15, 0.2) is 0 Å². The van der Waals surface area contributed by atoms with Crippen LogP contribution < -0.4 is 0 Å². The fourth-order valence-corrected chi connectivity index (χ4v) is 0. The van der Waals surface area contributed by atoms with Crippen LogP contribution in [0.4, 0.5) is 1.12 Å². The van der Waals surface area contributed by atoms with Crippen LogP contribution in [0.3, 0.4) is 0 Å². The second kappa shape index (κ2) is 16.0. The Morgan fingerprint density at radius 2 is 1.25 bits per heavy atom. The average Bonchev–Trinajstić information content (AvgIpc) is 1.00. The third-order valence-electron chi connectivity index (χ3n) is 0. The van der Waals surface area contributed by atoms with Crippen LogP contribution >= 0.6 is 0 Å². The molecule has 4 heteroatoms. The van der Waals surface area contributed by atoms with Crippen molar-refractivity contribution in [2.24, 2.45) is 0 Å². The second-order valence-electron chi connectivity index (χ2n) is 0. The second-order valence-corrected chi connectivity index (χ2v) is 0. The van der Waals surface area contributed by atoms with Gasteiger partial charge in [-0.2, -0.15) is 0 Å². The maximum Gasteiger partial charge on any atom is 0 e. The summed E-state index contributed by atoms with van der Waals surface area (Å²) in [6.07, 6.45) is 0. The predicted octanol–water partition coefficient (Wildman–Crippen LogP) is 0.418. The van der Waals surface area contributed by atoms with Crippen molar-refractivity contribution in [3.63, 3.8) is 0 Å². The Hall–Kier alpha value is 3.62. The van der Waals surface area contributed by atoms with Crippen LogP contribution in [0.25, 0.3) is 0 Å². The first-order valence-electron chi connectivity index (χ1n) is 0.134. The monoisotopic (exact) mass is 431 g/mol. The molecule has 29 valence electrons. The van der Waals surface area contributed by atoms with Gasteiger partial charge in [0.25, 0.3) is 0 Å². The molecule has 0 aromatic carbocycles. The standard InChI is InChI=1S/FH.Gd.Ho.Y/h1H;;;/q;+1;;/p-1. The molecule has 0 aliphatic rings. The zero-order chi connectivity index (χ0) is 2.00. The molecule has 0 bridgehead atoms. The summed E-state index contributed by atoms with van der Waals surface area (Å²) in [7, 11) is 0. The largest absolute Gasteiger partial charge is 0 e. The molecular formula is FGdHoY. The molecule has 0 aliphatic carbocycles. The van der Waals surface area contributed by atoms with Crippen molar-refractivity contribution >= 4 is 0 Å². The van der Waals surface area contributed by atoms with E-state index in [0.29, 0.717) is 38.7 Å². The molecular weight excluding hydrogens is 430 g/mol. The van der Waals surface area contributed by atoms with Crippen LogP contribution in [-0.4, -0.2) is 0 Å². The minimum Gasteiger partial charge on any atom is 0 e. The van der Waals surface area contributed by atoms with Gasteiger partial charge in [0.15, 0.2) is 0 Å². The Morgan fingerprint density at radius 1 is 1.25 bits per heavy atom. The van der Waals surface area contributed by atoms with Gasteiger partial charge in [-0.05, 0) is 0 Å². The maximum atomic E-state index is 9.53. The summed E-state index contributed by atoms with van der Waals surface area (Å²) in [5, 5.41) is 0. The molecule has 0 heterocycles. The number of hydrogen-bond acceptors (Lipinski definition) is 0. The van der Waals surface area contributed by atoms with E-state index < -0.39 is 0 Å². The van der Waals surface area contributed by atoms with Crippen LogP contribution in [-0.2, 0) is 32.7 Å². The molecule has 0 aromatic heterocycles. The minimum absolute atomic E-state index is 0. The molecule has 0 saturated heterocycles. The molecule has 0 nitrogen and oxygen atoms in total. The van der Waals surface area contributed by atoms with Crippen molar-refractivity contribution in [2.75, 3.05) is 0 Å². The predicted molar refractivity (Wildman–Crippen MR) is 1.11 cm³/mol. The summed E-state index contributed by atoms with van der Waals surface area (Å²) in [4.78, 5) is 0. The Labute approximate surface area is 107 Å². The Balaban J connectivity index is -0.00000000500. The molecule has 4 heavy (non-hydrogen) atoms. The zero-order valence-corrected chi connectivity index (χ0v) is 8.65. The number of hydrogen-bond donors (Lipinski definition) is 0. The van der Waals surface area contributed by atoms with E-state index in [4.69, 9.17) is 0 Å². The molecule has 0 rings (SSSR count). The van der Waals surface area contributed by atoms with Crippen molar-refractivity contribution in [2.45, 2.75) is 0 Å². The van der Waals surface area contributed by atoms with Gasteiger partial charge in [0.1, 0.15) is 0 Å². The maximum absolute atomic E-state index is 9.53. The first-order chi connectivity index (χ1) is 1.00. The molecule has 0 atom stereocenters. The van der Waals surface area contributed by atoms with Gasteiger partial charge in [-0.1, -0.05) is 0 Å². The van der Waals surface area contributed by atoms with Gasteiger partial charge in [0.05, 0.1) is 0 Å². The molecule has 0 aliphatic heterocycles. The first kappa shape index (κ1) is 15.6. The summed E-state index contributed by atoms with van der Waals surface area (Å²) in [6.45, 7) is 0. The van der Waals surface area contributed by atoms with E-state index in [0.717, 1.165) is 0 Å². The molecule has 0 N–H and O–H groups in total. The van der Waals surface area contributed by atoms with Crippen LogP contribution in [0.2, 0.25) is 0 Å². The van der Waals surface area contributed by atoms with Crippen LogP contribution in [0.5, 0.6) is 0 Å². The van der Waals surface area contributed by atoms with E-state index in [2.05, 4.69) is 0 Å². The molecule has 2 radical (unpaired) electrons. The quantitative estimate of drug-likeness (QED) is 0.489. The molecule has 0 spiro atoms. The van der Waals surface area contributed by atoms with E-state index in [1.54, 1.807) is 0 Å². The van der Waals surface area contributed by atoms with Gasteiger partial charge in [-0.3, -0.25) is 0 Å². The molecule has 0 amide bonds. The Kier molecular flexibility index (Phi) is 62.4.